The van der Waals surface area contributed by atoms with Crippen LogP contribution in [0.5, 0.6) is 5.75 Å². The highest BCUT2D eigenvalue weighted by Gasteiger charge is 2.41. The maximum absolute atomic E-state index is 13.5. The van der Waals surface area contributed by atoms with Gasteiger partial charge in [0.1, 0.15) is 11.8 Å². The SMILES string of the molecule is CCn1nccc1-c1ccc(C(CO)NC(=O)C2CC(O)CN2C(=O)C(C)C(C)C)c(OCCC2CCNCC2)c1. The lowest BCUT2D eigenvalue weighted by Crippen LogP contribution is -2.49. The van der Waals surface area contributed by atoms with Gasteiger partial charge in [0.05, 0.1) is 31.1 Å². The Balaban J connectivity index is 1.55. The maximum Gasteiger partial charge on any atom is 0.243 e. The van der Waals surface area contributed by atoms with Crippen LogP contribution in [0.1, 0.15) is 65.0 Å². The molecule has 2 aromatic rings. The zero-order chi connectivity index (χ0) is 29.5. The number of nitrogens with one attached hydrogen (secondary N) is 2. The molecule has 10 nitrogen and oxygen atoms in total. The van der Waals surface area contributed by atoms with Gasteiger partial charge in [-0.05, 0) is 63.2 Å². The summed E-state index contributed by atoms with van der Waals surface area (Å²) in [7, 11) is 0. The molecule has 2 fully saturated rings. The van der Waals surface area contributed by atoms with E-state index in [2.05, 4.69) is 15.7 Å². The lowest BCUT2D eigenvalue weighted by atomic mass is 9.95. The van der Waals surface area contributed by atoms with Crippen LogP contribution in [0.25, 0.3) is 11.3 Å². The van der Waals surface area contributed by atoms with E-state index in [-0.39, 0.29) is 37.3 Å². The quantitative estimate of drug-likeness (QED) is 0.309. The first kappa shape index (κ1) is 31.0. The Labute approximate surface area is 243 Å². The summed E-state index contributed by atoms with van der Waals surface area (Å²) >= 11 is 0. The van der Waals surface area contributed by atoms with Gasteiger partial charge in [0.25, 0.3) is 0 Å². The second-order valence-corrected chi connectivity index (χ2v) is 11.8. The molecule has 0 aliphatic carbocycles. The van der Waals surface area contributed by atoms with E-state index in [1.54, 1.807) is 6.20 Å². The molecule has 4 atom stereocenters. The third kappa shape index (κ3) is 7.47. The number of nitrogens with zero attached hydrogens (tertiary/aromatic N) is 3. The number of amides is 2. The van der Waals surface area contributed by atoms with Crippen LogP contribution in [0.3, 0.4) is 0 Å². The van der Waals surface area contributed by atoms with E-state index in [4.69, 9.17) is 4.74 Å². The van der Waals surface area contributed by atoms with Crippen molar-refractivity contribution in [3.8, 4) is 17.0 Å². The summed E-state index contributed by atoms with van der Waals surface area (Å²) in [5.74, 6) is 0.514. The van der Waals surface area contributed by atoms with Crippen molar-refractivity contribution < 1.29 is 24.5 Å². The van der Waals surface area contributed by atoms with Crippen LogP contribution in [-0.2, 0) is 16.1 Å². The molecular weight excluding hydrogens is 522 g/mol. The number of rotatable bonds is 12. The lowest BCUT2D eigenvalue weighted by Gasteiger charge is -2.29. The van der Waals surface area contributed by atoms with E-state index in [1.165, 1.54) is 4.90 Å². The number of carbonyl (C=O) groups is 2. The van der Waals surface area contributed by atoms with Crippen molar-refractivity contribution in [3.05, 3.63) is 36.0 Å². The van der Waals surface area contributed by atoms with Gasteiger partial charge in [-0.2, -0.15) is 5.10 Å². The highest BCUT2D eigenvalue weighted by Crippen LogP contribution is 2.33. The predicted molar refractivity (Wildman–Crippen MR) is 157 cm³/mol. The summed E-state index contributed by atoms with van der Waals surface area (Å²) in [5.41, 5.74) is 2.57. The van der Waals surface area contributed by atoms with Crippen molar-refractivity contribution in [1.29, 1.82) is 0 Å². The normalized spacial score (nSPS) is 21.2. The second-order valence-electron chi connectivity index (χ2n) is 11.8. The van der Waals surface area contributed by atoms with Crippen molar-refractivity contribution in [2.75, 3.05) is 32.8 Å². The number of hydrogen-bond acceptors (Lipinski definition) is 7. The van der Waals surface area contributed by atoms with E-state index in [9.17, 15) is 19.8 Å². The predicted octanol–water partition coefficient (Wildman–Crippen LogP) is 2.74. The lowest BCUT2D eigenvalue weighted by molar-refractivity contribution is -0.142. The van der Waals surface area contributed by atoms with Gasteiger partial charge in [0.2, 0.25) is 11.8 Å². The molecule has 41 heavy (non-hydrogen) atoms. The topological polar surface area (TPSA) is 129 Å². The summed E-state index contributed by atoms with van der Waals surface area (Å²) < 4.78 is 8.27. The van der Waals surface area contributed by atoms with Crippen molar-refractivity contribution in [1.82, 2.24) is 25.3 Å². The van der Waals surface area contributed by atoms with Gasteiger partial charge in [0, 0.05) is 42.8 Å². The molecule has 2 amide bonds. The van der Waals surface area contributed by atoms with Crippen LogP contribution >= 0.6 is 0 Å². The molecule has 4 unspecified atom stereocenters. The molecule has 0 bridgehead atoms. The second kappa shape index (κ2) is 14.3. The minimum absolute atomic E-state index is 0.112. The average molecular weight is 570 g/mol. The Morgan fingerprint density at radius 2 is 1.95 bits per heavy atom. The fraction of sp³-hybridized carbons (Fsp3) is 0.645. The molecule has 2 saturated heterocycles. The number of piperidine rings is 1. The molecule has 0 spiro atoms. The fourth-order valence-electron chi connectivity index (χ4n) is 5.78. The van der Waals surface area contributed by atoms with Gasteiger partial charge >= 0.3 is 0 Å². The molecule has 1 aromatic heterocycles. The number of aliphatic hydroxyl groups excluding tert-OH is 2. The van der Waals surface area contributed by atoms with Crippen molar-refractivity contribution in [2.45, 2.75) is 78.1 Å². The van der Waals surface area contributed by atoms with E-state index < -0.39 is 24.1 Å². The molecular formula is C31H47N5O5. The van der Waals surface area contributed by atoms with Gasteiger partial charge in [-0.25, -0.2) is 0 Å². The first-order valence-corrected chi connectivity index (χ1v) is 15.1. The average Bonchev–Trinajstić information content (AvgIpc) is 3.62. The smallest absolute Gasteiger partial charge is 0.243 e. The standard InChI is InChI=1S/C31H47N5O5/c1-5-36-27(10-14-33-36)23-6-7-25(29(16-23)41-15-11-22-8-12-32-13-9-22)26(19-37)34-30(39)28-17-24(38)18-35(28)31(40)21(4)20(2)3/h6-7,10,14,16,20-22,24,26,28,32,37-38H,5,8-9,11-13,15,17-19H2,1-4H3,(H,34,39). The van der Waals surface area contributed by atoms with Gasteiger partial charge in [0.15, 0.2) is 0 Å². The Hall–Kier alpha value is -2.95. The van der Waals surface area contributed by atoms with Crippen LogP contribution in [0.2, 0.25) is 0 Å². The molecule has 3 heterocycles. The molecule has 2 aliphatic heterocycles. The summed E-state index contributed by atoms with van der Waals surface area (Å²) in [4.78, 5) is 28.1. The molecule has 2 aliphatic rings. The van der Waals surface area contributed by atoms with Crippen LogP contribution in [-0.4, -0.2) is 81.7 Å². The van der Waals surface area contributed by atoms with Crippen molar-refractivity contribution >= 4 is 11.8 Å². The van der Waals surface area contributed by atoms with Crippen LogP contribution < -0.4 is 15.4 Å². The van der Waals surface area contributed by atoms with E-state index in [0.29, 0.717) is 23.8 Å². The molecule has 10 heteroatoms. The highest BCUT2D eigenvalue weighted by molar-refractivity contribution is 5.89. The Bertz CT molecular complexity index is 1160. The number of aromatic nitrogens is 2. The summed E-state index contributed by atoms with van der Waals surface area (Å²) in [6, 6.07) is 6.21. The van der Waals surface area contributed by atoms with Crippen LogP contribution in [0.15, 0.2) is 30.5 Å². The maximum atomic E-state index is 13.5. The number of β-amino-alcohol motifs (C(OH)–C–C–N with tert-alkyl or cyclic N) is 1. The van der Waals surface area contributed by atoms with Gasteiger partial charge in [-0.3, -0.25) is 14.3 Å². The summed E-state index contributed by atoms with van der Waals surface area (Å²) in [5, 5.41) is 31.5. The van der Waals surface area contributed by atoms with Gasteiger partial charge in [-0.1, -0.05) is 32.9 Å². The van der Waals surface area contributed by atoms with Crippen molar-refractivity contribution in [3.63, 3.8) is 0 Å². The fourth-order valence-corrected chi connectivity index (χ4v) is 5.78. The molecule has 4 N–H and O–H groups in total. The van der Waals surface area contributed by atoms with E-state index in [1.807, 2.05) is 56.6 Å². The van der Waals surface area contributed by atoms with Crippen molar-refractivity contribution in [2.24, 2.45) is 17.8 Å². The zero-order valence-electron chi connectivity index (χ0n) is 24.9. The molecule has 1 aromatic carbocycles. The minimum atomic E-state index is -0.796. The number of hydrogen-bond donors (Lipinski definition) is 4. The van der Waals surface area contributed by atoms with Crippen LogP contribution in [0, 0.1) is 17.8 Å². The summed E-state index contributed by atoms with van der Waals surface area (Å²) in [6.07, 6.45) is 4.35. The number of aliphatic hydroxyl groups is 2. The monoisotopic (exact) mass is 569 g/mol. The van der Waals surface area contributed by atoms with E-state index >= 15 is 0 Å². The first-order valence-electron chi connectivity index (χ1n) is 15.1. The Kier molecular flexibility index (Phi) is 10.8. The van der Waals surface area contributed by atoms with Gasteiger partial charge < -0.3 is 30.5 Å². The number of aryl methyl sites for hydroxylation is 1. The first-order chi connectivity index (χ1) is 19.7. The minimum Gasteiger partial charge on any atom is -0.493 e. The third-order valence-corrected chi connectivity index (χ3v) is 8.70. The number of benzene rings is 1. The Morgan fingerprint density at radius 3 is 2.63 bits per heavy atom. The van der Waals surface area contributed by atoms with Crippen LogP contribution in [0.4, 0.5) is 0 Å². The zero-order valence-corrected chi connectivity index (χ0v) is 24.9. The molecule has 226 valence electrons. The third-order valence-electron chi connectivity index (χ3n) is 8.70. The highest BCUT2D eigenvalue weighted by atomic mass is 16.5. The molecule has 0 saturated carbocycles. The number of carbonyl (C=O) groups excluding carboxylic acids is 2. The largest absolute Gasteiger partial charge is 0.493 e. The molecule has 0 radical (unpaired) electrons. The Morgan fingerprint density at radius 1 is 1.20 bits per heavy atom. The number of likely N-dealkylation sites (tertiary alicyclic amines) is 1. The molecule has 4 rings (SSSR count). The summed E-state index contributed by atoms with van der Waals surface area (Å²) in [6.45, 7) is 10.9. The van der Waals surface area contributed by atoms with Gasteiger partial charge in [-0.15, -0.1) is 0 Å². The van der Waals surface area contributed by atoms with E-state index in [0.717, 1.165) is 50.2 Å². The number of ether oxygens (including phenoxy) is 1.